The lowest BCUT2D eigenvalue weighted by molar-refractivity contribution is 0.935. The summed E-state index contributed by atoms with van der Waals surface area (Å²) in [7, 11) is 0. The van der Waals surface area contributed by atoms with Crippen molar-refractivity contribution in [3.63, 3.8) is 0 Å². The molecule has 15 heavy (non-hydrogen) atoms. The number of hydrogen-bond donors (Lipinski definition) is 0. The van der Waals surface area contributed by atoms with Crippen molar-refractivity contribution in [2.45, 2.75) is 30.1 Å². The van der Waals surface area contributed by atoms with Crippen molar-refractivity contribution in [1.82, 2.24) is 15.0 Å². The molecule has 2 heterocycles. The van der Waals surface area contributed by atoms with Gasteiger partial charge in [0.1, 0.15) is 10.9 Å². The van der Waals surface area contributed by atoms with Crippen LogP contribution >= 0.6 is 23.1 Å². The Labute approximate surface area is 97.0 Å². The van der Waals surface area contributed by atoms with Gasteiger partial charge >= 0.3 is 0 Å². The van der Waals surface area contributed by atoms with Crippen LogP contribution in [0.4, 0.5) is 0 Å². The largest absolute Gasteiger partial charge is 0.238 e. The number of thiazole rings is 1. The van der Waals surface area contributed by atoms with Crippen LogP contribution in [0.3, 0.4) is 0 Å². The zero-order chi connectivity index (χ0) is 10.8. The van der Waals surface area contributed by atoms with Crippen LogP contribution in [-0.4, -0.2) is 15.0 Å². The molecule has 0 bridgehead atoms. The fourth-order valence-electron chi connectivity index (χ4n) is 1.20. The Morgan fingerprint density at radius 2 is 1.87 bits per heavy atom. The van der Waals surface area contributed by atoms with Crippen molar-refractivity contribution in [3.8, 4) is 0 Å². The standard InChI is InChI=1S/C10H11N3S2/c1-6-4-9(13-8(3)11-6)15-10-12-7(2)5-14-10/h4-5H,1-3H3. The minimum absolute atomic E-state index is 0.811. The van der Waals surface area contributed by atoms with E-state index in [1.807, 2.05) is 32.2 Å². The van der Waals surface area contributed by atoms with E-state index in [-0.39, 0.29) is 0 Å². The normalized spacial score (nSPS) is 10.6. The van der Waals surface area contributed by atoms with Gasteiger partial charge in [-0.05, 0) is 38.6 Å². The Bertz CT molecular complexity index is 459. The highest BCUT2D eigenvalue weighted by atomic mass is 32.2. The Morgan fingerprint density at radius 1 is 1.07 bits per heavy atom. The van der Waals surface area contributed by atoms with Crippen molar-refractivity contribution in [2.75, 3.05) is 0 Å². The van der Waals surface area contributed by atoms with Gasteiger partial charge < -0.3 is 0 Å². The van der Waals surface area contributed by atoms with E-state index in [1.165, 1.54) is 0 Å². The zero-order valence-corrected chi connectivity index (χ0v) is 10.4. The summed E-state index contributed by atoms with van der Waals surface area (Å²) < 4.78 is 1.03. The Hall–Kier alpha value is -0.940. The van der Waals surface area contributed by atoms with Gasteiger partial charge in [0.2, 0.25) is 0 Å². The lowest BCUT2D eigenvalue weighted by Gasteiger charge is -2.00. The minimum Gasteiger partial charge on any atom is -0.238 e. The summed E-state index contributed by atoms with van der Waals surface area (Å²) >= 11 is 3.24. The molecule has 0 spiro atoms. The maximum Gasteiger partial charge on any atom is 0.156 e. The summed E-state index contributed by atoms with van der Waals surface area (Å²) in [5.41, 5.74) is 2.06. The summed E-state index contributed by atoms with van der Waals surface area (Å²) in [4.78, 5) is 13.0. The van der Waals surface area contributed by atoms with Crippen LogP contribution in [0.2, 0.25) is 0 Å². The molecule has 3 nitrogen and oxygen atoms in total. The second-order valence-electron chi connectivity index (χ2n) is 3.25. The van der Waals surface area contributed by atoms with Gasteiger partial charge in [0.15, 0.2) is 4.34 Å². The Kier molecular flexibility index (Phi) is 3.02. The van der Waals surface area contributed by atoms with Gasteiger partial charge in [0.25, 0.3) is 0 Å². The molecule has 0 aliphatic heterocycles. The van der Waals surface area contributed by atoms with Gasteiger partial charge in [-0.1, -0.05) is 0 Å². The summed E-state index contributed by atoms with van der Waals surface area (Å²) in [5.74, 6) is 0.811. The summed E-state index contributed by atoms with van der Waals surface area (Å²) in [6.45, 7) is 5.88. The Balaban J connectivity index is 2.24. The molecule has 0 saturated carbocycles. The van der Waals surface area contributed by atoms with E-state index in [1.54, 1.807) is 23.1 Å². The van der Waals surface area contributed by atoms with Gasteiger partial charge in [-0.15, -0.1) is 11.3 Å². The molecule has 0 aliphatic rings. The zero-order valence-electron chi connectivity index (χ0n) is 8.81. The predicted octanol–water partition coefficient (Wildman–Crippen LogP) is 3.01. The number of hydrogen-bond acceptors (Lipinski definition) is 5. The highest BCUT2D eigenvalue weighted by Gasteiger charge is 2.04. The maximum absolute atomic E-state index is 4.39. The molecule has 5 heteroatoms. The smallest absolute Gasteiger partial charge is 0.156 e. The van der Waals surface area contributed by atoms with Crippen LogP contribution in [-0.2, 0) is 0 Å². The van der Waals surface area contributed by atoms with Crippen LogP contribution in [0, 0.1) is 20.8 Å². The van der Waals surface area contributed by atoms with Crippen molar-refractivity contribution in [1.29, 1.82) is 0 Å². The molecule has 0 unspecified atom stereocenters. The van der Waals surface area contributed by atoms with Crippen LogP contribution in [0.1, 0.15) is 17.2 Å². The third kappa shape index (κ3) is 2.76. The highest BCUT2D eigenvalue weighted by molar-refractivity contribution is 8.01. The van der Waals surface area contributed by atoms with Crippen molar-refractivity contribution in [2.24, 2.45) is 0 Å². The molecular weight excluding hydrogens is 226 g/mol. The second-order valence-corrected chi connectivity index (χ2v) is 5.38. The molecule has 78 valence electrons. The first-order valence-corrected chi connectivity index (χ1v) is 6.25. The van der Waals surface area contributed by atoms with Crippen molar-refractivity contribution >= 4 is 23.1 Å². The lowest BCUT2D eigenvalue weighted by atomic mass is 10.4. The van der Waals surface area contributed by atoms with E-state index in [2.05, 4.69) is 15.0 Å². The highest BCUT2D eigenvalue weighted by Crippen LogP contribution is 2.28. The fraction of sp³-hybridized carbons (Fsp3) is 0.300. The summed E-state index contributed by atoms with van der Waals surface area (Å²) in [6.07, 6.45) is 0. The number of aromatic nitrogens is 3. The number of nitrogens with zero attached hydrogens (tertiary/aromatic N) is 3. The van der Waals surface area contributed by atoms with Gasteiger partial charge in [-0.25, -0.2) is 15.0 Å². The topological polar surface area (TPSA) is 38.7 Å². The summed E-state index contributed by atoms with van der Waals surface area (Å²) in [6, 6.07) is 1.98. The average molecular weight is 237 g/mol. The molecular formula is C10H11N3S2. The van der Waals surface area contributed by atoms with Gasteiger partial charge in [-0.3, -0.25) is 0 Å². The molecule has 0 amide bonds. The van der Waals surface area contributed by atoms with E-state index in [0.717, 1.165) is 26.6 Å². The maximum atomic E-state index is 4.39. The van der Waals surface area contributed by atoms with Gasteiger partial charge in [0, 0.05) is 16.8 Å². The minimum atomic E-state index is 0.811. The predicted molar refractivity (Wildman–Crippen MR) is 62.5 cm³/mol. The number of rotatable bonds is 2. The van der Waals surface area contributed by atoms with Crippen LogP contribution in [0.25, 0.3) is 0 Å². The molecule has 0 aromatic carbocycles. The molecule has 2 rings (SSSR count). The average Bonchev–Trinajstić information content (AvgIpc) is 2.49. The third-order valence-corrected chi connectivity index (χ3v) is 3.71. The van der Waals surface area contributed by atoms with Gasteiger partial charge in [-0.2, -0.15) is 0 Å². The van der Waals surface area contributed by atoms with Crippen LogP contribution in [0.5, 0.6) is 0 Å². The Morgan fingerprint density at radius 3 is 2.47 bits per heavy atom. The SMILES string of the molecule is Cc1cc(Sc2nc(C)cs2)nc(C)n1. The molecule has 0 radical (unpaired) electrons. The van der Waals surface area contributed by atoms with E-state index < -0.39 is 0 Å². The van der Waals surface area contributed by atoms with E-state index in [4.69, 9.17) is 0 Å². The van der Waals surface area contributed by atoms with E-state index >= 15 is 0 Å². The molecule has 2 aromatic rings. The molecule has 0 fully saturated rings. The molecule has 0 atom stereocenters. The van der Waals surface area contributed by atoms with Crippen molar-refractivity contribution < 1.29 is 0 Å². The number of aryl methyl sites for hydroxylation is 3. The van der Waals surface area contributed by atoms with Crippen LogP contribution < -0.4 is 0 Å². The first-order chi connectivity index (χ1) is 7.13. The quantitative estimate of drug-likeness (QED) is 0.753. The molecule has 0 saturated heterocycles. The van der Waals surface area contributed by atoms with Gasteiger partial charge in [0.05, 0.1) is 0 Å². The monoisotopic (exact) mass is 237 g/mol. The fourth-order valence-corrected chi connectivity index (χ4v) is 3.09. The van der Waals surface area contributed by atoms with Crippen molar-refractivity contribution in [3.05, 3.63) is 28.7 Å². The summed E-state index contributed by atoms with van der Waals surface area (Å²) in [5, 5.41) is 3.01. The molecule has 2 aromatic heterocycles. The van der Waals surface area contributed by atoms with Crippen LogP contribution in [0.15, 0.2) is 20.8 Å². The first kappa shape index (κ1) is 10.6. The third-order valence-electron chi connectivity index (χ3n) is 1.73. The molecule has 0 aliphatic carbocycles. The lowest BCUT2D eigenvalue weighted by Crippen LogP contribution is -1.92. The second kappa shape index (κ2) is 4.28. The van der Waals surface area contributed by atoms with E-state index in [0.29, 0.717) is 0 Å². The molecule has 0 N–H and O–H groups in total. The first-order valence-electron chi connectivity index (χ1n) is 4.56. The van der Waals surface area contributed by atoms with E-state index in [9.17, 15) is 0 Å².